The zero-order chi connectivity index (χ0) is 15.0. The third kappa shape index (κ3) is 5.03. The Morgan fingerprint density at radius 1 is 1.20 bits per heavy atom. The van der Waals surface area contributed by atoms with Crippen LogP contribution in [0.2, 0.25) is 0 Å². The molecule has 0 fully saturated rings. The first-order valence-electron chi connectivity index (χ1n) is 7.12. The van der Waals surface area contributed by atoms with Crippen molar-refractivity contribution in [3.63, 3.8) is 0 Å². The molecule has 1 N–H and O–H groups in total. The normalized spacial score (nSPS) is 10.2. The van der Waals surface area contributed by atoms with Gasteiger partial charge in [-0.15, -0.1) is 6.58 Å². The molecule has 1 heterocycles. The summed E-state index contributed by atoms with van der Waals surface area (Å²) < 4.78 is 5.59. The molecule has 20 heavy (non-hydrogen) atoms. The molecule has 0 amide bonds. The minimum atomic E-state index is 0.360. The van der Waals surface area contributed by atoms with Crippen LogP contribution in [-0.4, -0.2) is 41.2 Å². The predicted molar refractivity (Wildman–Crippen MR) is 82.5 cm³/mol. The Labute approximate surface area is 121 Å². The molecule has 6 nitrogen and oxygen atoms in total. The van der Waals surface area contributed by atoms with E-state index in [0.29, 0.717) is 24.5 Å². The molecule has 0 unspecified atom stereocenters. The summed E-state index contributed by atoms with van der Waals surface area (Å²) >= 11 is 0. The molecule has 0 aliphatic rings. The van der Waals surface area contributed by atoms with Gasteiger partial charge in [0.15, 0.2) is 0 Å². The number of hydrogen-bond acceptors (Lipinski definition) is 6. The van der Waals surface area contributed by atoms with Crippen molar-refractivity contribution in [2.45, 2.75) is 34.1 Å². The van der Waals surface area contributed by atoms with Crippen molar-refractivity contribution in [3.05, 3.63) is 12.2 Å². The average Bonchev–Trinajstić information content (AvgIpc) is 2.40. The largest absolute Gasteiger partial charge is 0.463 e. The van der Waals surface area contributed by atoms with Gasteiger partial charge in [-0.1, -0.05) is 5.57 Å². The summed E-state index contributed by atoms with van der Waals surface area (Å²) in [6.45, 7) is 14.9. The Morgan fingerprint density at radius 3 is 2.45 bits per heavy atom. The lowest BCUT2D eigenvalue weighted by Crippen LogP contribution is -2.25. The van der Waals surface area contributed by atoms with Crippen LogP contribution in [0.3, 0.4) is 0 Å². The van der Waals surface area contributed by atoms with Gasteiger partial charge >= 0.3 is 6.01 Å². The third-order valence-electron chi connectivity index (χ3n) is 2.74. The Kier molecular flexibility index (Phi) is 6.76. The molecule has 0 saturated carbocycles. The van der Waals surface area contributed by atoms with Crippen LogP contribution < -0.4 is 15.0 Å². The van der Waals surface area contributed by atoms with Gasteiger partial charge in [0.05, 0.1) is 6.61 Å². The molecular weight excluding hydrogens is 254 g/mol. The number of nitrogens with zero attached hydrogens (tertiary/aromatic N) is 4. The van der Waals surface area contributed by atoms with E-state index in [1.54, 1.807) is 0 Å². The predicted octanol–water partition coefficient (Wildman–Crippen LogP) is 2.49. The van der Waals surface area contributed by atoms with Gasteiger partial charge in [0.2, 0.25) is 11.9 Å². The average molecular weight is 279 g/mol. The number of ether oxygens (including phenoxy) is 1. The second-order valence-electron chi connectivity index (χ2n) is 4.50. The van der Waals surface area contributed by atoms with Crippen molar-refractivity contribution in [2.24, 2.45) is 0 Å². The number of nitrogens with one attached hydrogen (secondary N) is 1. The molecule has 1 rings (SSSR count). The van der Waals surface area contributed by atoms with E-state index in [2.05, 4.69) is 45.6 Å². The molecule has 1 aromatic heterocycles. The fourth-order valence-electron chi connectivity index (χ4n) is 1.61. The number of anilines is 2. The molecule has 1 aromatic rings. The zero-order valence-corrected chi connectivity index (χ0v) is 12.9. The first kappa shape index (κ1) is 16.2. The molecule has 0 saturated heterocycles. The van der Waals surface area contributed by atoms with E-state index in [9.17, 15) is 0 Å². The molecule has 0 bridgehead atoms. The van der Waals surface area contributed by atoms with E-state index in [-0.39, 0.29) is 0 Å². The van der Waals surface area contributed by atoms with Gasteiger partial charge in [-0.3, -0.25) is 0 Å². The van der Waals surface area contributed by atoms with Crippen LogP contribution in [0.1, 0.15) is 34.1 Å². The topological polar surface area (TPSA) is 63.2 Å². The Balaban J connectivity index is 2.88. The number of rotatable bonds is 9. The molecule has 6 heteroatoms. The minimum absolute atomic E-state index is 0.360. The molecule has 0 aromatic carbocycles. The van der Waals surface area contributed by atoms with E-state index < -0.39 is 0 Å². The summed E-state index contributed by atoms with van der Waals surface area (Å²) in [6.07, 6.45) is 0.794. The van der Waals surface area contributed by atoms with Crippen LogP contribution in [0.15, 0.2) is 12.2 Å². The summed E-state index contributed by atoms with van der Waals surface area (Å²) in [5, 5.41) is 3.10. The highest BCUT2D eigenvalue weighted by Crippen LogP contribution is 2.15. The van der Waals surface area contributed by atoms with Crippen molar-refractivity contribution in [2.75, 3.05) is 36.5 Å². The maximum atomic E-state index is 5.59. The highest BCUT2D eigenvalue weighted by Gasteiger charge is 2.11. The van der Waals surface area contributed by atoms with Crippen LogP contribution in [0, 0.1) is 0 Å². The van der Waals surface area contributed by atoms with Crippen LogP contribution in [0.4, 0.5) is 11.9 Å². The lowest BCUT2D eigenvalue weighted by atomic mass is 10.3. The van der Waals surface area contributed by atoms with Crippen molar-refractivity contribution in [3.8, 4) is 6.01 Å². The summed E-state index contributed by atoms with van der Waals surface area (Å²) in [7, 11) is 0. The lowest BCUT2D eigenvalue weighted by Gasteiger charge is -2.19. The van der Waals surface area contributed by atoms with E-state index in [1.165, 1.54) is 0 Å². The highest BCUT2D eigenvalue weighted by atomic mass is 16.5. The minimum Gasteiger partial charge on any atom is -0.463 e. The van der Waals surface area contributed by atoms with E-state index in [0.717, 1.165) is 31.6 Å². The van der Waals surface area contributed by atoms with Gasteiger partial charge < -0.3 is 15.0 Å². The molecule has 112 valence electrons. The second kappa shape index (κ2) is 8.35. The van der Waals surface area contributed by atoms with Crippen molar-refractivity contribution >= 4 is 11.9 Å². The summed E-state index contributed by atoms with van der Waals surface area (Å²) in [6, 6.07) is 0.360. The van der Waals surface area contributed by atoms with E-state index in [1.807, 2.05) is 13.8 Å². The standard InChI is InChI=1S/C14H25N5O/c1-6-15-12-16-13(19(7-2)8-3)18-14(17-12)20-10-9-11(4)5/h4,6-10H2,1-3,5H3,(H,15,16,17,18). The van der Waals surface area contributed by atoms with Crippen LogP contribution in [-0.2, 0) is 0 Å². The molecule has 0 radical (unpaired) electrons. The fourth-order valence-corrected chi connectivity index (χ4v) is 1.61. The maximum Gasteiger partial charge on any atom is 0.323 e. The molecule has 0 aliphatic heterocycles. The quantitative estimate of drug-likeness (QED) is 0.701. The first-order valence-corrected chi connectivity index (χ1v) is 7.12. The molecule has 0 atom stereocenters. The Hall–Kier alpha value is -1.85. The lowest BCUT2D eigenvalue weighted by molar-refractivity contribution is 0.295. The SMILES string of the molecule is C=C(C)CCOc1nc(NCC)nc(N(CC)CC)n1. The van der Waals surface area contributed by atoms with Crippen LogP contribution >= 0.6 is 0 Å². The van der Waals surface area contributed by atoms with Gasteiger partial charge in [-0.2, -0.15) is 15.0 Å². The van der Waals surface area contributed by atoms with Gasteiger partial charge in [-0.05, 0) is 27.7 Å². The van der Waals surface area contributed by atoms with E-state index in [4.69, 9.17) is 4.74 Å². The van der Waals surface area contributed by atoms with Gasteiger partial charge in [0.25, 0.3) is 0 Å². The summed E-state index contributed by atoms with van der Waals surface area (Å²) in [5.41, 5.74) is 1.08. The summed E-state index contributed by atoms with van der Waals surface area (Å²) in [5.74, 6) is 1.20. The van der Waals surface area contributed by atoms with Crippen molar-refractivity contribution in [1.82, 2.24) is 15.0 Å². The Bertz CT molecular complexity index is 432. The number of hydrogen-bond donors (Lipinski definition) is 1. The highest BCUT2D eigenvalue weighted by molar-refractivity contribution is 5.38. The van der Waals surface area contributed by atoms with Gasteiger partial charge in [0, 0.05) is 26.1 Å². The zero-order valence-electron chi connectivity index (χ0n) is 12.9. The first-order chi connectivity index (χ1) is 9.60. The smallest absolute Gasteiger partial charge is 0.323 e. The van der Waals surface area contributed by atoms with Crippen molar-refractivity contribution in [1.29, 1.82) is 0 Å². The fraction of sp³-hybridized carbons (Fsp3) is 0.643. The van der Waals surface area contributed by atoms with Crippen LogP contribution in [0.5, 0.6) is 6.01 Å². The summed E-state index contributed by atoms with van der Waals surface area (Å²) in [4.78, 5) is 15.1. The van der Waals surface area contributed by atoms with Gasteiger partial charge in [-0.25, -0.2) is 0 Å². The molecule has 0 spiro atoms. The number of aromatic nitrogens is 3. The molecular formula is C14H25N5O. The van der Waals surface area contributed by atoms with Crippen LogP contribution in [0.25, 0.3) is 0 Å². The second-order valence-corrected chi connectivity index (χ2v) is 4.50. The third-order valence-corrected chi connectivity index (χ3v) is 2.74. The maximum absolute atomic E-state index is 5.59. The molecule has 0 aliphatic carbocycles. The monoisotopic (exact) mass is 279 g/mol. The van der Waals surface area contributed by atoms with E-state index >= 15 is 0 Å². The Morgan fingerprint density at radius 2 is 1.90 bits per heavy atom. The van der Waals surface area contributed by atoms with Gasteiger partial charge in [0.1, 0.15) is 0 Å². The van der Waals surface area contributed by atoms with Crippen molar-refractivity contribution < 1.29 is 4.74 Å².